The van der Waals surface area contributed by atoms with Crippen molar-refractivity contribution in [2.75, 3.05) is 26.7 Å². The molecule has 4 nitrogen and oxygen atoms in total. The summed E-state index contributed by atoms with van der Waals surface area (Å²) in [5.74, 6) is 2.12. The molecule has 19 heavy (non-hydrogen) atoms. The van der Waals surface area contributed by atoms with Crippen molar-refractivity contribution in [3.8, 4) is 0 Å². The fourth-order valence-electron chi connectivity index (χ4n) is 2.64. The normalized spacial score (nSPS) is 20.2. The van der Waals surface area contributed by atoms with Gasteiger partial charge in [0.05, 0.1) is 0 Å². The largest absolute Gasteiger partial charge is 0.316 e. The van der Waals surface area contributed by atoms with Crippen molar-refractivity contribution < 1.29 is 0 Å². The van der Waals surface area contributed by atoms with Gasteiger partial charge < -0.3 is 10.2 Å². The Balaban J connectivity index is 1.82. The number of aromatic nitrogens is 2. The molecule has 0 amide bonds. The zero-order valence-corrected chi connectivity index (χ0v) is 12.4. The molecule has 0 saturated carbocycles. The van der Waals surface area contributed by atoms with Gasteiger partial charge in [-0.2, -0.15) is 0 Å². The molecule has 4 heteroatoms. The Morgan fingerprint density at radius 3 is 2.68 bits per heavy atom. The van der Waals surface area contributed by atoms with E-state index in [4.69, 9.17) is 0 Å². The average molecular weight is 262 g/mol. The number of nitrogens with one attached hydrogen (secondary N) is 1. The molecular weight excluding hydrogens is 236 g/mol. The minimum Gasteiger partial charge on any atom is -0.316 e. The van der Waals surface area contributed by atoms with Gasteiger partial charge in [0.1, 0.15) is 5.82 Å². The van der Waals surface area contributed by atoms with Crippen LogP contribution in [0.4, 0.5) is 0 Å². The molecule has 1 aromatic heterocycles. The average Bonchev–Trinajstić information content (AvgIpc) is 2.40. The summed E-state index contributed by atoms with van der Waals surface area (Å²) in [6, 6.07) is 0. The monoisotopic (exact) mass is 262 g/mol. The van der Waals surface area contributed by atoms with E-state index in [1.165, 1.54) is 24.9 Å². The molecule has 1 unspecified atom stereocenters. The van der Waals surface area contributed by atoms with Crippen molar-refractivity contribution in [3.63, 3.8) is 0 Å². The maximum absolute atomic E-state index is 4.43. The first kappa shape index (κ1) is 14.4. The molecule has 106 valence electrons. The first-order valence-electron chi connectivity index (χ1n) is 7.35. The molecule has 1 atom stereocenters. The molecule has 1 aromatic rings. The smallest absolute Gasteiger partial charge is 0.130 e. The molecule has 1 aliphatic heterocycles. The molecule has 0 aliphatic carbocycles. The van der Waals surface area contributed by atoms with E-state index in [-0.39, 0.29) is 0 Å². The van der Waals surface area contributed by atoms with Crippen LogP contribution in [0.3, 0.4) is 0 Å². The van der Waals surface area contributed by atoms with Gasteiger partial charge in [0.15, 0.2) is 0 Å². The SMILES string of the molecule is CC(C)c1ncc(CN(C)CC2CCCNC2)cn1. The molecule has 0 spiro atoms. The second-order valence-corrected chi connectivity index (χ2v) is 6.01. The lowest BCUT2D eigenvalue weighted by Crippen LogP contribution is -2.36. The van der Waals surface area contributed by atoms with Crippen LogP contribution in [0.15, 0.2) is 12.4 Å². The lowest BCUT2D eigenvalue weighted by Gasteiger charge is -2.27. The fourth-order valence-corrected chi connectivity index (χ4v) is 2.64. The molecule has 1 saturated heterocycles. The zero-order chi connectivity index (χ0) is 13.7. The summed E-state index contributed by atoms with van der Waals surface area (Å²) in [5, 5.41) is 3.47. The maximum atomic E-state index is 4.43. The quantitative estimate of drug-likeness (QED) is 0.881. The summed E-state index contributed by atoms with van der Waals surface area (Å²) in [6.07, 6.45) is 6.60. The Morgan fingerprint density at radius 2 is 2.11 bits per heavy atom. The van der Waals surface area contributed by atoms with E-state index >= 15 is 0 Å². The van der Waals surface area contributed by atoms with Crippen LogP contribution in [0.5, 0.6) is 0 Å². The van der Waals surface area contributed by atoms with Crippen molar-refractivity contribution in [2.24, 2.45) is 5.92 Å². The molecular formula is C15H26N4. The van der Waals surface area contributed by atoms with E-state index in [2.05, 4.69) is 41.1 Å². The van der Waals surface area contributed by atoms with Crippen molar-refractivity contribution >= 4 is 0 Å². The molecule has 1 N–H and O–H groups in total. The molecule has 1 fully saturated rings. The number of piperidine rings is 1. The van der Waals surface area contributed by atoms with Crippen molar-refractivity contribution in [2.45, 2.75) is 39.2 Å². The van der Waals surface area contributed by atoms with Crippen LogP contribution < -0.4 is 5.32 Å². The maximum Gasteiger partial charge on any atom is 0.130 e. The van der Waals surface area contributed by atoms with E-state index < -0.39 is 0 Å². The summed E-state index contributed by atoms with van der Waals surface area (Å²) in [5.41, 5.74) is 1.20. The summed E-state index contributed by atoms with van der Waals surface area (Å²) >= 11 is 0. The minimum atomic E-state index is 0.403. The highest BCUT2D eigenvalue weighted by molar-refractivity contribution is 5.06. The zero-order valence-electron chi connectivity index (χ0n) is 12.4. The van der Waals surface area contributed by atoms with E-state index in [9.17, 15) is 0 Å². The Labute approximate surface area is 116 Å². The topological polar surface area (TPSA) is 41.1 Å². The lowest BCUT2D eigenvalue weighted by molar-refractivity contribution is 0.237. The van der Waals surface area contributed by atoms with Gasteiger partial charge in [-0.15, -0.1) is 0 Å². The van der Waals surface area contributed by atoms with Gasteiger partial charge in [-0.1, -0.05) is 13.8 Å². The van der Waals surface area contributed by atoms with E-state index in [0.717, 1.165) is 31.4 Å². The highest BCUT2D eigenvalue weighted by Crippen LogP contribution is 2.13. The van der Waals surface area contributed by atoms with E-state index in [1.54, 1.807) is 0 Å². The number of hydrogen-bond donors (Lipinski definition) is 1. The molecule has 0 bridgehead atoms. The van der Waals surface area contributed by atoms with E-state index in [1.807, 2.05) is 12.4 Å². The van der Waals surface area contributed by atoms with Crippen LogP contribution in [-0.2, 0) is 6.54 Å². The third-order valence-corrected chi connectivity index (χ3v) is 3.66. The highest BCUT2D eigenvalue weighted by Gasteiger charge is 2.15. The first-order valence-corrected chi connectivity index (χ1v) is 7.35. The molecule has 0 radical (unpaired) electrons. The van der Waals surface area contributed by atoms with Crippen LogP contribution >= 0.6 is 0 Å². The predicted molar refractivity (Wildman–Crippen MR) is 78.0 cm³/mol. The summed E-state index contributed by atoms with van der Waals surface area (Å²) in [7, 11) is 2.19. The highest BCUT2D eigenvalue weighted by atomic mass is 15.1. The minimum absolute atomic E-state index is 0.403. The van der Waals surface area contributed by atoms with Gasteiger partial charge in [-0.05, 0) is 38.9 Å². The summed E-state index contributed by atoms with van der Waals surface area (Å²) in [4.78, 5) is 11.2. The number of nitrogens with zero attached hydrogens (tertiary/aromatic N) is 3. The standard InChI is InChI=1S/C15H26N4/c1-12(2)15-17-8-14(9-18-15)11-19(3)10-13-5-4-6-16-7-13/h8-9,12-13,16H,4-7,10-11H2,1-3H3. The van der Waals surface area contributed by atoms with Crippen molar-refractivity contribution in [1.82, 2.24) is 20.2 Å². The Kier molecular flexibility index (Phi) is 5.28. The lowest BCUT2D eigenvalue weighted by atomic mass is 9.99. The molecule has 2 rings (SSSR count). The van der Waals surface area contributed by atoms with Crippen molar-refractivity contribution in [1.29, 1.82) is 0 Å². The van der Waals surface area contributed by atoms with Crippen LogP contribution in [0.25, 0.3) is 0 Å². The van der Waals surface area contributed by atoms with Gasteiger partial charge in [-0.3, -0.25) is 0 Å². The third-order valence-electron chi connectivity index (χ3n) is 3.66. The predicted octanol–water partition coefficient (Wildman–Crippen LogP) is 2.03. The van der Waals surface area contributed by atoms with Crippen LogP contribution in [-0.4, -0.2) is 41.5 Å². The number of rotatable bonds is 5. The summed E-state index contributed by atoms with van der Waals surface area (Å²) in [6.45, 7) is 8.68. The first-order chi connectivity index (χ1) is 9.15. The van der Waals surface area contributed by atoms with Gasteiger partial charge in [-0.25, -0.2) is 9.97 Å². The molecule has 1 aliphatic rings. The van der Waals surface area contributed by atoms with Crippen LogP contribution in [0.2, 0.25) is 0 Å². The van der Waals surface area contributed by atoms with Gasteiger partial charge in [0.25, 0.3) is 0 Å². The van der Waals surface area contributed by atoms with Crippen LogP contribution in [0, 0.1) is 5.92 Å². The molecule has 2 heterocycles. The van der Waals surface area contributed by atoms with Gasteiger partial charge in [0.2, 0.25) is 0 Å². The molecule has 0 aromatic carbocycles. The Bertz CT molecular complexity index is 368. The van der Waals surface area contributed by atoms with Crippen molar-refractivity contribution in [3.05, 3.63) is 23.8 Å². The van der Waals surface area contributed by atoms with Gasteiger partial charge in [0, 0.05) is 37.0 Å². The summed E-state index contributed by atoms with van der Waals surface area (Å²) < 4.78 is 0. The number of hydrogen-bond acceptors (Lipinski definition) is 4. The second kappa shape index (κ2) is 6.96. The third kappa shape index (κ3) is 4.55. The van der Waals surface area contributed by atoms with E-state index in [0.29, 0.717) is 5.92 Å². The fraction of sp³-hybridized carbons (Fsp3) is 0.733. The van der Waals surface area contributed by atoms with Crippen LogP contribution in [0.1, 0.15) is 44.0 Å². The Morgan fingerprint density at radius 1 is 1.37 bits per heavy atom. The Hall–Kier alpha value is -1.00. The second-order valence-electron chi connectivity index (χ2n) is 6.01. The van der Waals surface area contributed by atoms with Gasteiger partial charge >= 0.3 is 0 Å².